The molecule has 1 fully saturated rings. The predicted octanol–water partition coefficient (Wildman–Crippen LogP) is 5.27. The SMILES string of the molecule is CC1(C(=O)NCc2ccncc2)C=C2CC(CC(c3ccc(Cl)cc3)C2)C1. The van der Waals surface area contributed by atoms with Gasteiger partial charge < -0.3 is 5.32 Å². The Morgan fingerprint density at radius 2 is 1.93 bits per heavy atom. The van der Waals surface area contributed by atoms with Gasteiger partial charge in [0.1, 0.15) is 0 Å². The first-order valence-corrected chi connectivity index (χ1v) is 10.0. The van der Waals surface area contributed by atoms with Crippen molar-refractivity contribution >= 4 is 17.5 Å². The number of carbonyl (C=O) groups excluding carboxylic acids is 1. The van der Waals surface area contributed by atoms with Crippen molar-refractivity contribution in [2.24, 2.45) is 11.3 Å². The molecule has 2 aliphatic rings. The number of pyridine rings is 1. The lowest BCUT2D eigenvalue weighted by molar-refractivity contribution is -0.129. The Balaban J connectivity index is 1.46. The van der Waals surface area contributed by atoms with Crippen LogP contribution in [0.5, 0.6) is 0 Å². The Hall–Kier alpha value is -2.13. The average Bonchev–Trinajstić information content (AvgIpc) is 2.66. The lowest BCUT2D eigenvalue weighted by Crippen LogP contribution is -2.41. The molecule has 1 saturated carbocycles. The Labute approximate surface area is 165 Å². The summed E-state index contributed by atoms with van der Waals surface area (Å²) >= 11 is 6.03. The van der Waals surface area contributed by atoms with E-state index in [4.69, 9.17) is 11.6 Å². The maximum Gasteiger partial charge on any atom is 0.230 e. The molecule has 0 spiro atoms. The minimum absolute atomic E-state index is 0.131. The third-order valence-electron chi connectivity index (χ3n) is 5.98. The second kappa shape index (κ2) is 7.47. The molecular weight excluding hydrogens is 356 g/mol. The van der Waals surface area contributed by atoms with Gasteiger partial charge in [0.2, 0.25) is 5.91 Å². The number of nitrogens with one attached hydrogen (secondary N) is 1. The summed E-state index contributed by atoms with van der Waals surface area (Å²) < 4.78 is 0. The molecule has 2 bridgehead atoms. The molecule has 4 heteroatoms. The molecule has 1 amide bonds. The number of hydrogen-bond donors (Lipinski definition) is 1. The van der Waals surface area contributed by atoms with Crippen molar-refractivity contribution in [1.82, 2.24) is 10.3 Å². The van der Waals surface area contributed by atoms with Crippen LogP contribution in [0.2, 0.25) is 5.02 Å². The number of rotatable bonds is 4. The molecule has 3 atom stereocenters. The van der Waals surface area contributed by atoms with Gasteiger partial charge in [-0.2, -0.15) is 0 Å². The molecule has 4 rings (SSSR count). The first kappa shape index (κ1) is 18.2. The lowest BCUT2D eigenvalue weighted by Gasteiger charge is -2.41. The van der Waals surface area contributed by atoms with Crippen LogP contribution in [0, 0.1) is 11.3 Å². The molecule has 2 aliphatic carbocycles. The van der Waals surface area contributed by atoms with E-state index in [0.29, 0.717) is 18.4 Å². The van der Waals surface area contributed by atoms with Crippen molar-refractivity contribution in [3.05, 3.63) is 76.6 Å². The standard InChI is InChI=1S/C23H25ClN2O/c1-23(22(27)26-15-16-6-8-25-9-7-16)13-17-10-18(14-23)12-20(11-17)19-2-4-21(24)5-3-19/h2-9,13,18,20H,10-12,14-15H2,1H3,(H,26,27). The smallest absolute Gasteiger partial charge is 0.230 e. The fourth-order valence-corrected chi connectivity index (χ4v) is 4.88. The number of nitrogens with zero attached hydrogens (tertiary/aromatic N) is 1. The van der Waals surface area contributed by atoms with Crippen LogP contribution in [0.15, 0.2) is 60.4 Å². The molecule has 2 aromatic rings. The van der Waals surface area contributed by atoms with E-state index in [0.717, 1.165) is 36.3 Å². The van der Waals surface area contributed by atoms with Gasteiger partial charge in [0, 0.05) is 24.0 Å². The second-order valence-corrected chi connectivity index (χ2v) is 8.66. The van der Waals surface area contributed by atoms with Crippen molar-refractivity contribution in [3.8, 4) is 0 Å². The van der Waals surface area contributed by atoms with Crippen LogP contribution >= 0.6 is 11.6 Å². The molecule has 0 saturated heterocycles. The number of hydrogen-bond acceptors (Lipinski definition) is 2. The molecule has 0 aliphatic heterocycles. The van der Waals surface area contributed by atoms with E-state index < -0.39 is 5.41 Å². The highest BCUT2D eigenvalue weighted by Crippen LogP contribution is 2.49. The largest absolute Gasteiger partial charge is 0.351 e. The highest BCUT2D eigenvalue weighted by atomic mass is 35.5. The first-order valence-electron chi connectivity index (χ1n) is 9.65. The minimum Gasteiger partial charge on any atom is -0.351 e. The van der Waals surface area contributed by atoms with E-state index >= 15 is 0 Å². The van der Waals surface area contributed by atoms with E-state index in [-0.39, 0.29) is 5.91 Å². The summed E-state index contributed by atoms with van der Waals surface area (Å²) in [6.45, 7) is 2.64. The van der Waals surface area contributed by atoms with Crippen molar-refractivity contribution in [3.63, 3.8) is 0 Å². The minimum atomic E-state index is -0.407. The Morgan fingerprint density at radius 1 is 1.19 bits per heavy atom. The summed E-state index contributed by atoms with van der Waals surface area (Å²) in [5.74, 6) is 1.24. The monoisotopic (exact) mass is 380 g/mol. The molecular formula is C23H25ClN2O. The van der Waals surface area contributed by atoms with E-state index in [9.17, 15) is 4.79 Å². The van der Waals surface area contributed by atoms with Crippen LogP contribution in [0.25, 0.3) is 0 Å². The normalized spacial score (nSPS) is 27.0. The number of aromatic nitrogens is 1. The summed E-state index contributed by atoms with van der Waals surface area (Å²) in [5.41, 5.74) is 3.46. The van der Waals surface area contributed by atoms with Crippen molar-refractivity contribution < 1.29 is 4.79 Å². The highest BCUT2D eigenvalue weighted by molar-refractivity contribution is 6.30. The number of halogens is 1. The second-order valence-electron chi connectivity index (χ2n) is 8.22. The number of benzene rings is 1. The van der Waals surface area contributed by atoms with Crippen LogP contribution < -0.4 is 5.32 Å². The molecule has 3 nitrogen and oxygen atoms in total. The van der Waals surface area contributed by atoms with Crippen LogP contribution in [0.1, 0.15) is 49.7 Å². The van der Waals surface area contributed by atoms with Crippen LogP contribution in [0.3, 0.4) is 0 Å². The first-order chi connectivity index (χ1) is 13.0. The topological polar surface area (TPSA) is 42.0 Å². The fraction of sp³-hybridized carbons (Fsp3) is 0.391. The van der Waals surface area contributed by atoms with Gasteiger partial charge in [0.15, 0.2) is 0 Å². The molecule has 1 aromatic heterocycles. The summed E-state index contributed by atoms with van der Waals surface area (Å²) in [7, 11) is 0. The van der Waals surface area contributed by atoms with Gasteiger partial charge in [-0.05, 0) is 79.8 Å². The molecule has 1 aromatic carbocycles. The summed E-state index contributed by atoms with van der Waals surface area (Å²) in [4.78, 5) is 16.9. The van der Waals surface area contributed by atoms with E-state index in [1.807, 2.05) is 24.3 Å². The maximum absolute atomic E-state index is 12.9. The number of amides is 1. The van der Waals surface area contributed by atoms with E-state index in [1.54, 1.807) is 12.4 Å². The third kappa shape index (κ3) is 4.08. The van der Waals surface area contributed by atoms with Crippen molar-refractivity contribution in [1.29, 1.82) is 0 Å². The third-order valence-corrected chi connectivity index (χ3v) is 6.23. The van der Waals surface area contributed by atoms with Gasteiger partial charge in [0.25, 0.3) is 0 Å². The molecule has 1 N–H and O–H groups in total. The van der Waals surface area contributed by atoms with Gasteiger partial charge in [-0.15, -0.1) is 0 Å². The van der Waals surface area contributed by atoms with Crippen molar-refractivity contribution in [2.75, 3.05) is 0 Å². The molecule has 27 heavy (non-hydrogen) atoms. The van der Waals surface area contributed by atoms with Gasteiger partial charge in [-0.25, -0.2) is 0 Å². The van der Waals surface area contributed by atoms with Crippen LogP contribution in [-0.4, -0.2) is 10.9 Å². The zero-order chi connectivity index (χ0) is 18.9. The Kier molecular flexibility index (Phi) is 5.05. The Bertz CT molecular complexity index is 846. The summed E-state index contributed by atoms with van der Waals surface area (Å²) in [6, 6.07) is 12.1. The number of allylic oxidation sites excluding steroid dienone is 1. The quantitative estimate of drug-likeness (QED) is 0.734. The lowest BCUT2D eigenvalue weighted by atomic mass is 9.63. The van der Waals surface area contributed by atoms with Gasteiger partial charge >= 0.3 is 0 Å². The Morgan fingerprint density at radius 3 is 2.63 bits per heavy atom. The molecule has 140 valence electrons. The van der Waals surface area contributed by atoms with E-state index in [2.05, 4.69) is 35.4 Å². The predicted molar refractivity (Wildman–Crippen MR) is 108 cm³/mol. The van der Waals surface area contributed by atoms with Crippen LogP contribution in [-0.2, 0) is 11.3 Å². The number of carbonyl (C=O) groups is 1. The summed E-state index contributed by atoms with van der Waals surface area (Å²) in [5, 5.41) is 3.91. The summed E-state index contributed by atoms with van der Waals surface area (Å²) in [6.07, 6.45) is 10.0. The van der Waals surface area contributed by atoms with Gasteiger partial charge in [-0.1, -0.05) is 35.4 Å². The maximum atomic E-state index is 12.9. The van der Waals surface area contributed by atoms with Gasteiger partial charge in [-0.3, -0.25) is 9.78 Å². The molecule has 1 heterocycles. The molecule has 3 unspecified atom stereocenters. The zero-order valence-corrected chi connectivity index (χ0v) is 16.4. The number of fused-ring (bicyclic) bond motifs is 2. The van der Waals surface area contributed by atoms with Crippen LogP contribution in [0.4, 0.5) is 0 Å². The zero-order valence-electron chi connectivity index (χ0n) is 15.6. The highest BCUT2D eigenvalue weighted by Gasteiger charge is 2.41. The average molecular weight is 381 g/mol. The molecule has 0 radical (unpaired) electrons. The fourth-order valence-electron chi connectivity index (χ4n) is 4.75. The van der Waals surface area contributed by atoms with Gasteiger partial charge in [0.05, 0.1) is 5.41 Å². The van der Waals surface area contributed by atoms with Crippen molar-refractivity contribution in [2.45, 2.75) is 45.1 Å². The van der Waals surface area contributed by atoms with E-state index in [1.165, 1.54) is 11.1 Å².